The van der Waals surface area contributed by atoms with Crippen molar-refractivity contribution in [3.05, 3.63) is 66.7 Å². The summed E-state index contributed by atoms with van der Waals surface area (Å²) >= 11 is -1.90. The van der Waals surface area contributed by atoms with Gasteiger partial charge < -0.3 is 4.55 Å². The standard InChI is InChI=1S/C15H13N3O2S/c19-21(20)11-13-6-7-16-10-14(13)18-9-8-17-15(18)12-4-2-1-3-5-12/h1-10H,11H2,(H,19,20). The van der Waals surface area contributed by atoms with Crippen molar-refractivity contribution in [2.45, 2.75) is 5.75 Å². The van der Waals surface area contributed by atoms with Crippen molar-refractivity contribution in [1.29, 1.82) is 0 Å². The van der Waals surface area contributed by atoms with Crippen LogP contribution in [0.5, 0.6) is 0 Å². The number of benzene rings is 1. The number of hydrogen-bond acceptors (Lipinski definition) is 3. The fourth-order valence-corrected chi connectivity index (χ4v) is 2.70. The molecule has 5 nitrogen and oxygen atoms in total. The Balaban J connectivity index is 2.11. The lowest BCUT2D eigenvalue weighted by Crippen LogP contribution is -2.04. The lowest BCUT2D eigenvalue weighted by molar-refractivity contribution is 0.563. The molecule has 2 aromatic heterocycles. The maximum Gasteiger partial charge on any atom is 0.157 e. The second-order valence-corrected chi connectivity index (χ2v) is 5.39. The lowest BCUT2D eigenvalue weighted by Gasteiger charge is -2.11. The van der Waals surface area contributed by atoms with Crippen LogP contribution in [0, 0.1) is 0 Å². The molecule has 1 unspecified atom stereocenters. The zero-order chi connectivity index (χ0) is 14.7. The fraction of sp³-hybridized carbons (Fsp3) is 0.0667. The van der Waals surface area contributed by atoms with Crippen molar-refractivity contribution in [2.24, 2.45) is 0 Å². The Morgan fingerprint density at radius 1 is 1.14 bits per heavy atom. The third-order valence-electron chi connectivity index (χ3n) is 3.10. The molecule has 0 fully saturated rings. The average molecular weight is 299 g/mol. The van der Waals surface area contributed by atoms with Crippen molar-refractivity contribution in [3.8, 4) is 17.1 Å². The third kappa shape index (κ3) is 2.91. The summed E-state index contributed by atoms with van der Waals surface area (Å²) in [6.45, 7) is 0. The normalized spacial score (nSPS) is 12.2. The summed E-state index contributed by atoms with van der Waals surface area (Å²) in [6, 6.07) is 11.5. The molecule has 0 amide bonds. The average Bonchev–Trinajstić information content (AvgIpc) is 2.97. The highest BCUT2D eigenvalue weighted by atomic mass is 32.2. The molecule has 3 aromatic rings. The van der Waals surface area contributed by atoms with E-state index in [-0.39, 0.29) is 5.75 Å². The van der Waals surface area contributed by atoms with Gasteiger partial charge in [0.15, 0.2) is 11.1 Å². The molecule has 1 aromatic carbocycles. The molecule has 0 aliphatic carbocycles. The molecular formula is C15H13N3O2S. The van der Waals surface area contributed by atoms with E-state index in [0.29, 0.717) is 0 Å². The van der Waals surface area contributed by atoms with Gasteiger partial charge in [-0.05, 0) is 11.6 Å². The number of pyridine rings is 1. The Kier molecular flexibility index (Phi) is 3.89. The van der Waals surface area contributed by atoms with Gasteiger partial charge in [0.1, 0.15) is 5.82 Å². The van der Waals surface area contributed by atoms with E-state index in [2.05, 4.69) is 9.97 Å². The maximum atomic E-state index is 11.1. The molecule has 21 heavy (non-hydrogen) atoms. The molecule has 106 valence electrons. The lowest BCUT2D eigenvalue weighted by atomic mass is 10.2. The Morgan fingerprint density at radius 2 is 1.95 bits per heavy atom. The summed E-state index contributed by atoms with van der Waals surface area (Å²) in [4.78, 5) is 8.49. The van der Waals surface area contributed by atoms with Gasteiger partial charge in [-0.3, -0.25) is 9.55 Å². The Labute approximate surface area is 124 Å². The van der Waals surface area contributed by atoms with Crippen LogP contribution in [0.4, 0.5) is 0 Å². The summed E-state index contributed by atoms with van der Waals surface area (Å²) in [5, 5.41) is 0. The first-order chi connectivity index (χ1) is 10.3. The maximum absolute atomic E-state index is 11.1. The van der Waals surface area contributed by atoms with Crippen LogP contribution in [0.25, 0.3) is 17.1 Å². The van der Waals surface area contributed by atoms with E-state index in [1.54, 1.807) is 24.7 Å². The molecule has 0 aliphatic heterocycles. The van der Waals surface area contributed by atoms with Gasteiger partial charge in [0.2, 0.25) is 0 Å². The van der Waals surface area contributed by atoms with Crippen molar-refractivity contribution in [3.63, 3.8) is 0 Å². The Bertz CT molecular complexity index is 771. The van der Waals surface area contributed by atoms with Crippen molar-refractivity contribution in [2.75, 3.05) is 0 Å². The SMILES string of the molecule is O=S(O)Cc1ccncc1-n1ccnc1-c1ccccc1. The van der Waals surface area contributed by atoms with Gasteiger partial charge in [-0.1, -0.05) is 30.3 Å². The third-order valence-corrected chi connectivity index (χ3v) is 3.66. The molecule has 3 rings (SSSR count). The van der Waals surface area contributed by atoms with E-state index in [0.717, 1.165) is 22.6 Å². The van der Waals surface area contributed by atoms with E-state index in [9.17, 15) is 4.21 Å². The van der Waals surface area contributed by atoms with E-state index in [4.69, 9.17) is 4.55 Å². The first kappa shape index (κ1) is 13.7. The highest BCUT2D eigenvalue weighted by molar-refractivity contribution is 7.78. The highest BCUT2D eigenvalue weighted by Crippen LogP contribution is 2.23. The van der Waals surface area contributed by atoms with Gasteiger partial charge in [0.05, 0.1) is 17.6 Å². The van der Waals surface area contributed by atoms with Crippen LogP contribution in [-0.2, 0) is 16.8 Å². The van der Waals surface area contributed by atoms with Crippen LogP contribution in [0.1, 0.15) is 5.56 Å². The van der Waals surface area contributed by atoms with E-state index in [1.807, 2.05) is 41.1 Å². The van der Waals surface area contributed by atoms with Crippen LogP contribution >= 0.6 is 0 Å². The van der Waals surface area contributed by atoms with Gasteiger partial charge in [-0.25, -0.2) is 9.19 Å². The summed E-state index contributed by atoms with van der Waals surface area (Å²) < 4.78 is 22.1. The molecule has 2 heterocycles. The smallest absolute Gasteiger partial charge is 0.157 e. The molecule has 0 saturated heterocycles. The minimum absolute atomic E-state index is 0.0598. The zero-order valence-electron chi connectivity index (χ0n) is 11.1. The number of rotatable bonds is 4. The molecule has 0 saturated carbocycles. The quantitative estimate of drug-likeness (QED) is 0.752. The minimum Gasteiger partial charge on any atom is -0.306 e. The summed E-state index contributed by atoms with van der Waals surface area (Å²) in [6.07, 6.45) is 6.82. The summed E-state index contributed by atoms with van der Waals surface area (Å²) in [5.74, 6) is 0.832. The first-order valence-electron chi connectivity index (χ1n) is 6.35. The molecule has 0 radical (unpaired) electrons. The van der Waals surface area contributed by atoms with Gasteiger partial charge in [0, 0.05) is 24.2 Å². The van der Waals surface area contributed by atoms with E-state index in [1.165, 1.54) is 0 Å². The van der Waals surface area contributed by atoms with Crippen molar-refractivity contribution >= 4 is 11.1 Å². The Hall–Kier alpha value is -2.31. The van der Waals surface area contributed by atoms with Gasteiger partial charge >= 0.3 is 0 Å². The highest BCUT2D eigenvalue weighted by Gasteiger charge is 2.12. The van der Waals surface area contributed by atoms with Gasteiger partial charge in [0.25, 0.3) is 0 Å². The summed E-state index contributed by atoms with van der Waals surface area (Å²) in [5.41, 5.74) is 2.49. The van der Waals surface area contributed by atoms with Gasteiger partial charge in [-0.15, -0.1) is 0 Å². The summed E-state index contributed by atoms with van der Waals surface area (Å²) in [7, 11) is 0. The number of nitrogens with zero attached hydrogens (tertiary/aromatic N) is 3. The fourth-order valence-electron chi connectivity index (χ4n) is 2.19. The first-order valence-corrected chi connectivity index (χ1v) is 7.63. The van der Waals surface area contributed by atoms with E-state index >= 15 is 0 Å². The van der Waals surface area contributed by atoms with Crippen LogP contribution in [0.2, 0.25) is 0 Å². The van der Waals surface area contributed by atoms with E-state index < -0.39 is 11.1 Å². The number of aromatic nitrogens is 3. The molecule has 0 bridgehead atoms. The predicted molar refractivity (Wildman–Crippen MR) is 81.3 cm³/mol. The molecule has 0 aliphatic rings. The van der Waals surface area contributed by atoms with Crippen molar-refractivity contribution in [1.82, 2.24) is 14.5 Å². The molecule has 1 atom stereocenters. The van der Waals surface area contributed by atoms with Crippen LogP contribution in [0.3, 0.4) is 0 Å². The molecule has 1 N–H and O–H groups in total. The predicted octanol–water partition coefficient (Wildman–Crippen LogP) is 2.66. The second kappa shape index (κ2) is 5.99. The number of hydrogen-bond donors (Lipinski definition) is 1. The van der Waals surface area contributed by atoms with Crippen molar-refractivity contribution < 1.29 is 8.76 Å². The molecule has 6 heteroatoms. The number of imidazole rings is 1. The minimum atomic E-state index is -1.90. The van der Waals surface area contributed by atoms with Gasteiger partial charge in [-0.2, -0.15) is 0 Å². The van der Waals surface area contributed by atoms with Crippen LogP contribution < -0.4 is 0 Å². The zero-order valence-corrected chi connectivity index (χ0v) is 11.9. The molecule has 0 spiro atoms. The monoisotopic (exact) mass is 299 g/mol. The largest absolute Gasteiger partial charge is 0.306 e. The topological polar surface area (TPSA) is 68.0 Å². The Morgan fingerprint density at radius 3 is 2.71 bits per heavy atom. The van der Waals surface area contributed by atoms with Crippen LogP contribution in [-0.4, -0.2) is 23.3 Å². The van der Waals surface area contributed by atoms with Crippen LogP contribution in [0.15, 0.2) is 61.2 Å². The second-order valence-electron chi connectivity index (χ2n) is 4.46. The molecular weight excluding hydrogens is 286 g/mol.